The van der Waals surface area contributed by atoms with Gasteiger partial charge in [-0.3, -0.25) is 0 Å². The average molecular weight is 192 g/mol. The van der Waals surface area contributed by atoms with Crippen LogP contribution in [0.4, 0.5) is 13.2 Å². The molecule has 13 heavy (non-hydrogen) atoms. The fraction of sp³-hybridized carbons (Fsp3) is 0.250. The lowest BCUT2D eigenvalue weighted by Gasteiger charge is -2.05. The van der Waals surface area contributed by atoms with Gasteiger partial charge in [-0.05, 0) is 5.56 Å². The van der Waals surface area contributed by atoms with Crippen molar-refractivity contribution in [1.82, 2.24) is 0 Å². The van der Waals surface area contributed by atoms with Crippen molar-refractivity contribution in [3.63, 3.8) is 0 Å². The molecule has 0 aromatic heterocycles. The van der Waals surface area contributed by atoms with E-state index in [4.69, 9.17) is 0 Å². The van der Waals surface area contributed by atoms with Crippen molar-refractivity contribution in [2.75, 3.05) is 0 Å². The van der Waals surface area contributed by atoms with Crippen molar-refractivity contribution in [1.29, 1.82) is 0 Å². The van der Waals surface area contributed by atoms with Crippen molar-refractivity contribution in [3.8, 4) is 0 Å². The van der Waals surface area contributed by atoms with E-state index < -0.39 is 6.36 Å². The fourth-order valence-electron chi connectivity index (χ4n) is 0.739. The van der Waals surface area contributed by atoms with Gasteiger partial charge >= 0.3 is 6.36 Å². The summed E-state index contributed by atoms with van der Waals surface area (Å²) < 4.78 is 34.2. The van der Waals surface area contributed by atoms with Crippen LogP contribution in [-0.4, -0.2) is 6.36 Å². The molecular formula is C8H7F3O2. The molecule has 0 N–H and O–H groups in total. The van der Waals surface area contributed by atoms with Crippen LogP contribution in [0.5, 0.6) is 0 Å². The topological polar surface area (TPSA) is 18.5 Å². The number of benzene rings is 1. The first-order valence-corrected chi connectivity index (χ1v) is 3.49. The summed E-state index contributed by atoms with van der Waals surface area (Å²) >= 11 is 0. The van der Waals surface area contributed by atoms with E-state index in [1.807, 2.05) is 0 Å². The van der Waals surface area contributed by atoms with Crippen LogP contribution in [0.1, 0.15) is 5.56 Å². The molecule has 0 fully saturated rings. The van der Waals surface area contributed by atoms with Crippen molar-refractivity contribution in [3.05, 3.63) is 35.9 Å². The minimum absolute atomic E-state index is 0.222. The van der Waals surface area contributed by atoms with Crippen LogP contribution in [0.25, 0.3) is 0 Å². The standard InChI is InChI=1S/C8H7F3O2/c9-8(10,11)13-12-6-7-4-2-1-3-5-7/h1-5H,6H2. The maximum Gasteiger partial charge on any atom is 0.549 e. The Balaban J connectivity index is 2.29. The number of alkyl halides is 3. The van der Waals surface area contributed by atoms with Crippen molar-refractivity contribution >= 4 is 0 Å². The minimum Gasteiger partial charge on any atom is -0.224 e. The lowest BCUT2D eigenvalue weighted by molar-refractivity contribution is -0.488. The molecule has 0 atom stereocenters. The van der Waals surface area contributed by atoms with E-state index in [-0.39, 0.29) is 6.61 Å². The van der Waals surface area contributed by atoms with Crippen LogP contribution in [0.15, 0.2) is 30.3 Å². The van der Waals surface area contributed by atoms with E-state index in [1.54, 1.807) is 30.3 Å². The molecule has 1 rings (SSSR count). The van der Waals surface area contributed by atoms with Crippen LogP contribution in [0.2, 0.25) is 0 Å². The van der Waals surface area contributed by atoms with Gasteiger partial charge in [-0.25, -0.2) is 4.89 Å². The first-order chi connectivity index (χ1) is 6.08. The molecule has 5 heteroatoms. The van der Waals surface area contributed by atoms with E-state index in [9.17, 15) is 13.2 Å². The molecule has 0 heterocycles. The zero-order valence-corrected chi connectivity index (χ0v) is 6.54. The number of hydrogen-bond acceptors (Lipinski definition) is 2. The van der Waals surface area contributed by atoms with Gasteiger partial charge in [-0.15, -0.1) is 18.1 Å². The Morgan fingerprint density at radius 1 is 1.08 bits per heavy atom. The van der Waals surface area contributed by atoms with Crippen LogP contribution >= 0.6 is 0 Å². The Morgan fingerprint density at radius 2 is 1.69 bits per heavy atom. The Morgan fingerprint density at radius 3 is 2.23 bits per heavy atom. The molecule has 1 aromatic carbocycles. The van der Waals surface area contributed by atoms with Gasteiger partial charge in [-0.2, -0.15) is 0 Å². The predicted octanol–water partition coefficient (Wildman–Crippen LogP) is 2.65. The molecule has 0 aliphatic carbocycles. The van der Waals surface area contributed by atoms with Gasteiger partial charge in [0, 0.05) is 0 Å². The Labute approximate surface area is 72.8 Å². The molecule has 0 aliphatic heterocycles. The summed E-state index contributed by atoms with van der Waals surface area (Å²) in [5, 5.41) is 0. The second-order valence-corrected chi connectivity index (χ2v) is 2.28. The van der Waals surface area contributed by atoms with Gasteiger partial charge in [0.2, 0.25) is 0 Å². The highest BCUT2D eigenvalue weighted by Gasteiger charge is 2.30. The average Bonchev–Trinajstić information content (AvgIpc) is 2.04. The Hall–Kier alpha value is -1.07. The molecule has 0 unspecified atom stereocenters. The van der Waals surface area contributed by atoms with Crippen LogP contribution in [0.3, 0.4) is 0 Å². The largest absolute Gasteiger partial charge is 0.549 e. The molecule has 0 amide bonds. The monoisotopic (exact) mass is 192 g/mol. The van der Waals surface area contributed by atoms with E-state index >= 15 is 0 Å². The van der Waals surface area contributed by atoms with Gasteiger partial charge in [0.1, 0.15) is 6.61 Å². The summed E-state index contributed by atoms with van der Waals surface area (Å²) in [7, 11) is 0. The second kappa shape index (κ2) is 4.25. The van der Waals surface area contributed by atoms with Crippen LogP contribution in [-0.2, 0) is 16.4 Å². The first kappa shape index (κ1) is 10.0. The molecule has 0 radical (unpaired) electrons. The van der Waals surface area contributed by atoms with Crippen molar-refractivity contribution in [2.45, 2.75) is 13.0 Å². The number of rotatable bonds is 3. The molecule has 0 saturated carbocycles. The van der Waals surface area contributed by atoms with E-state index in [2.05, 4.69) is 9.78 Å². The van der Waals surface area contributed by atoms with Gasteiger partial charge in [0.15, 0.2) is 0 Å². The van der Waals surface area contributed by atoms with Gasteiger partial charge in [0.25, 0.3) is 0 Å². The molecule has 1 aromatic rings. The Kier molecular flexibility index (Phi) is 3.27. The Bertz CT molecular complexity index is 245. The van der Waals surface area contributed by atoms with Crippen LogP contribution in [0, 0.1) is 0 Å². The highest BCUT2D eigenvalue weighted by Crippen LogP contribution is 2.17. The normalized spacial score (nSPS) is 11.6. The third kappa shape index (κ3) is 4.49. The third-order valence-electron chi connectivity index (χ3n) is 1.22. The number of halogens is 3. The first-order valence-electron chi connectivity index (χ1n) is 3.49. The molecule has 72 valence electrons. The number of hydrogen-bond donors (Lipinski definition) is 0. The zero-order chi connectivity index (χ0) is 9.73. The quantitative estimate of drug-likeness (QED) is 0.541. The summed E-state index contributed by atoms with van der Waals surface area (Å²) in [5.41, 5.74) is 0.617. The molecule has 0 saturated heterocycles. The minimum atomic E-state index is -4.74. The maximum atomic E-state index is 11.4. The van der Waals surface area contributed by atoms with Crippen molar-refractivity contribution in [2.24, 2.45) is 0 Å². The maximum absolute atomic E-state index is 11.4. The summed E-state index contributed by atoms with van der Waals surface area (Å²) in [6.07, 6.45) is -4.74. The highest BCUT2D eigenvalue weighted by atomic mass is 19.4. The summed E-state index contributed by atoms with van der Waals surface area (Å²) in [5.74, 6) is 0. The van der Waals surface area contributed by atoms with E-state index in [0.29, 0.717) is 5.56 Å². The zero-order valence-electron chi connectivity index (χ0n) is 6.54. The van der Waals surface area contributed by atoms with Gasteiger partial charge in [0.05, 0.1) is 0 Å². The smallest absolute Gasteiger partial charge is 0.224 e. The van der Waals surface area contributed by atoms with E-state index in [0.717, 1.165) is 0 Å². The molecular weight excluding hydrogens is 185 g/mol. The van der Waals surface area contributed by atoms with Crippen molar-refractivity contribution < 1.29 is 22.9 Å². The second-order valence-electron chi connectivity index (χ2n) is 2.28. The fourth-order valence-corrected chi connectivity index (χ4v) is 0.739. The van der Waals surface area contributed by atoms with E-state index in [1.165, 1.54) is 0 Å². The summed E-state index contributed by atoms with van der Waals surface area (Å²) in [4.78, 5) is 7.09. The van der Waals surface area contributed by atoms with Gasteiger partial charge < -0.3 is 0 Å². The predicted molar refractivity (Wildman–Crippen MR) is 38.4 cm³/mol. The summed E-state index contributed by atoms with van der Waals surface area (Å²) in [6.45, 7) is -0.222. The lowest BCUT2D eigenvalue weighted by Crippen LogP contribution is -2.13. The SMILES string of the molecule is FC(F)(F)OOCc1ccccc1. The third-order valence-corrected chi connectivity index (χ3v) is 1.22. The summed E-state index contributed by atoms with van der Waals surface area (Å²) in [6, 6.07) is 8.44. The lowest BCUT2D eigenvalue weighted by atomic mass is 10.2. The highest BCUT2D eigenvalue weighted by molar-refractivity contribution is 5.13. The molecule has 0 bridgehead atoms. The molecule has 0 spiro atoms. The van der Waals surface area contributed by atoms with Gasteiger partial charge in [-0.1, -0.05) is 30.3 Å². The molecule has 0 aliphatic rings. The van der Waals surface area contributed by atoms with Crippen LogP contribution < -0.4 is 0 Å². The molecule has 2 nitrogen and oxygen atoms in total.